The van der Waals surface area contributed by atoms with Gasteiger partial charge in [-0.15, -0.1) is 0 Å². The Labute approximate surface area is 48.6 Å². The molecule has 42 valence electrons. The number of carboxylic acids is 1. The molecule has 0 aromatic carbocycles. The number of aliphatic carboxylic acids is 1. The summed E-state index contributed by atoms with van der Waals surface area (Å²) in [6, 6.07) is 0. The molecule has 0 aromatic heterocycles. The van der Waals surface area contributed by atoms with Crippen LogP contribution in [-0.2, 0) is 4.79 Å². The van der Waals surface area contributed by atoms with Crippen molar-refractivity contribution in [1.29, 1.82) is 0 Å². The highest BCUT2D eigenvalue weighted by molar-refractivity contribution is 9.10. The fraction of sp³-hybridized carbons (Fsp3) is 0.500. The summed E-state index contributed by atoms with van der Waals surface area (Å²) in [5.41, 5.74) is 9.55. The van der Waals surface area contributed by atoms with Gasteiger partial charge in [0, 0.05) is 0 Å². The van der Waals surface area contributed by atoms with E-state index in [2.05, 4.69) is 15.9 Å². The van der Waals surface area contributed by atoms with Gasteiger partial charge in [-0.25, -0.2) is 4.79 Å². The Morgan fingerprint density at radius 1 is 1.71 bits per heavy atom. The quantitative estimate of drug-likeness (QED) is 0.268. The largest absolute Gasteiger partial charge is 0.478 e. The van der Waals surface area contributed by atoms with Crippen LogP contribution in [0.2, 0.25) is 0 Å². The Morgan fingerprint density at radius 3 is 1.86 bits per heavy atom. The van der Waals surface area contributed by atoms with E-state index >= 15 is 0 Å². The molecule has 0 atom stereocenters. The molecule has 0 rings (SSSR count). The van der Waals surface area contributed by atoms with Crippen molar-refractivity contribution in [3.05, 3.63) is 0 Å². The van der Waals surface area contributed by atoms with Crippen LogP contribution in [0, 0.1) is 0 Å². The van der Waals surface area contributed by atoms with E-state index in [4.69, 9.17) is 16.6 Å². The second kappa shape index (κ2) is 1.77. The lowest BCUT2D eigenvalue weighted by atomic mass is 10.6. The molecule has 0 aliphatic rings. The van der Waals surface area contributed by atoms with Gasteiger partial charge >= 0.3 is 5.97 Å². The van der Waals surface area contributed by atoms with Crippen molar-refractivity contribution >= 4 is 21.9 Å². The van der Waals surface area contributed by atoms with Crippen LogP contribution >= 0.6 is 15.9 Å². The smallest absolute Gasteiger partial charge is 0.350 e. The maximum Gasteiger partial charge on any atom is 0.350 e. The third-order valence-corrected chi connectivity index (χ3v) is 0.667. The van der Waals surface area contributed by atoms with Gasteiger partial charge in [0.15, 0.2) is 0 Å². The van der Waals surface area contributed by atoms with Crippen LogP contribution in [0.4, 0.5) is 0 Å². The van der Waals surface area contributed by atoms with Gasteiger partial charge in [0.25, 0.3) is 0 Å². The van der Waals surface area contributed by atoms with Gasteiger partial charge in [0.05, 0.1) is 0 Å². The molecule has 0 spiro atoms. The van der Waals surface area contributed by atoms with Crippen molar-refractivity contribution in [2.45, 2.75) is 4.57 Å². The summed E-state index contributed by atoms with van der Waals surface area (Å²) in [4.78, 5) is 9.72. The Morgan fingerprint density at radius 2 is 1.86 bits per heavy atom. The first-order valence-electron chi connectivity index (χ1n) is 1.44. The van der Waals surface area contributed by atoms with Crippen LogP contribution in [-0.4, -0.2) is 15.6 Å². The summed E-state index contributed by atoms with van der Waals surface area (Å²) in [5, 5.41) is 7.95. The van der Waals surface area contributed by atoms with E-state index in [0.29, 0.717) is 0 Å². The molecule has 4 nitrogen and oxygen atoms in total. The molecule has 0 fully saturated rings. The van der Waals surface area contributed by atoms with Crippen molar-refractivity contribution in [3.63, 3.8) is 0 Å². The first-order chi connectivity index (χ1) is 2.94. The van der Waals surface area contributed by atoms with Gasteiger partial charge in [-0.2, -0.15) is 0 Å². The van der Waals surface area contributed by atoms with Gasteiger partial charge in [0.1, 0.15) is 0 Å². The zero-order chi connectivity index (χ0) is 6.08. The van der Waals surface area contributed by atoms with Crippen LogP contribution in [0.5, 0.6) is 0 Å². The van der Waals surface area contributed by atoms with Crippen molar-refractivity contribution in [2.75, 3.05) is 0 Å². The van der Waals surface area contributed by atoms with Crippen LogP contribution in [0.15, 0.2) is 0 Å². The summed E-state index contributed by atoms with van der Waals surface area (Å²) in [5.74, 6) is -1.28. The molecule has 0 amide bonds. The Hall–Kier alpha value is -0.130. The topological polar surface area (TPSA) is 89.3 Å². The van der Waals surface area contributed by atoms with Gasteiger partial charge in [0.2, 0.25) is 4.57 Å². The molecule has 5 heteroatoms. The molecule has 0 aromatic rings. The molecule has 0 unspecified atom stereocenters. The standard InChI is InChI=1S/C2H5BrN2O2/c3-2(4,5)1(6)7/h4-5H2,(H,6,7). The van der Waals surface area contributed by atoms with Crippen molar-refractivity contribution in [3.8, 4) is 0 Å². The summed E-state index contributed by atoms with van der Waals surface area (Å²) in [6.07, 6.45) is 0. The van der Waals surface area contributed by atoms with Crippen LogP contribution in [0.1, 0.15) is 0 Å². The lowest BCUT2D eigenvalue weighted by molar-refractivity contribution is -0.139. The van der Waals surface area contributed by atoms with Crippen LogP contribution < -0.4 is 11.5 Å². The number of hydrogen-bond donors (Lipinski definition) is 3. The number of rotatable bonds is 1. The molecular formula is C2H5BrN2O2. The molecule has 0 bridgehead atoms. The molecule has 0 radical (unpaired) electrons. The number of carbonyl (C=O) groups is 1. The molecular weight excluding hydrogens is 164 g/mol. The maximum atomic E-state index is 9.72. The number of alkyl halides is 1. The van der Waals surface area contributed by atoms with Crippen molar-refractivity contribution < 1.29 is 9.90 Å². The third kappa shape index (κ3) is 2.55. The second-order valence-corrected chi connectivity index (χ2v) is 2.39. The fourth-order valence-corrected chi connectivity index (χ4v) is 0. The normalized spacial score (nSPS) is 11.3. The Kier molecular flexibility index (Phi) is 1.74. The van der Waals surface area contributed by atoms with Crippen LogP contribution in [0.25, 0.3) is 0 Å². The highest BCUT2D eigenvalue weighted by Gasteiger charge is 2.23. The molecule has 0 aliphatic heterocycles. The predicted molar refractivity (Wildman–Crippen MR) is 27.7 cm³/mol. The van der Waals surface area contributed by atoms with Gasteiger partial charge in [-0.1, -0.05) is 0 Å². The Balaban J connectivity index is 3.79. The zero-order valence-corrected chi connectivity index (χ0v) is 4.97. The number of nitrogens with two attached hydrogens (primary N) is 2. The Bertz CT molecular complexity index is 86.2. The minimum Gasteiger partial charge on any atom is -0.478 e. The molecule has 5 N–H and O–H groups in total. The molecule has 0 heterocycles. The minimum atomic E-state index is -1.77. The van der Waals surface area contributed by atoms with Crippen LogP contribution in [0.3, 0.4) is 0 Å². The van der Waals surface area contributed by atoms with Gasteiger partial charge in [-0.3, -0.25) is 11.5 Å². The average molecular weight is 169 g/mol. The highest BCUT2D eigenvalue weighted by Crippen LogP contribution is 1.98. The van der Waals surface area contributed by atoms with E-state index in [0.717, 1.165) is 0 Å². The van der Waals surface area contributed by atoms with E-state index in [9.17, 15) is 4.79 Å². The lowest BCUT2D eigenvalue weighted by Gasteiger charge is -2.06. The number of halogens is 1. The van der Waals surface area contributed by atoms with Crippen molar-refractivity contribution in [2.24, 2.45) is 11.5 Å². The van der Waals surface area contributed by atoms with Crippen molar-refractivity contribution in [1.82, 2.24) is 0 Å². The molecule has 0 saturated carbocycles. The average Bonchev–Trinajstić information content (AvgIpc) is 1.31. The van der Waals surface area contributed by atoms with Gasteiger partial charge in [-0.05, 0) is 15.9 Å². The third-order valence-electron chi connectivity index (χ3n) is 0.328. The predicted octanol–water partition coefficient (Wildman–Crippen LogP) is -0.963. The number of hydrogen-bond acceptors (Lipinski definition) is 3. The zero-order valence-electron chi connectivity index (χ0n) is 3.39. The molecule has 0 saturated heterocycles. The summed E-state index contributed by atoms with van der Waals surface area (Å²) < 4.78 is -1.77. The van der Waals surface area contributed by atoms with Gasteiger partial charge < -0.3 is 5.11 Å². The molecule has 7 heavy (non-hydrogen) atoms. The first kappa shape index (κ1) is 6.87. The highest BCUT2D eigenvalue weighted by atomic mass is 79.9. The van der Waals surface area contributed by atoms with E-state index in [1.165, 1.54) is 0 Å². The van der Waals surface area contributed by atoms with E-state index in [1.807, 2.05) is 0 Å². The maximum absolute atomic E-state index is 9.72. The first-order valence-corrected chi connectivity index (χ1v) is 2.24. The second-order valence-electron chi connectivity index (χ2n) is 1.07. The summed E-state index contributed by atoms with van der Waals surface area (Å²) >= 11 is 2.50. The molecule has 0 aliphatic carbocycles. The summed E-state index contributed by atoms with van der Waals surface area (Å²) in [6.45, 7) is 0. The number of carboxylic acid groups (broad SMARTS) is 1. The lowest BCUT2D eigenvalue weighted by Crippen LogP contribution is -2.50. The van der Waals surface area contributed by atoms with E-state index in [1.54, 1.807) is 0 Å². The monoisotopic (exact) mass is 168 g/mol. The fourth-order valence-electron chi connectivity index (χ4n) is 0. The SMILES string of the molecule is NC(N)(Br)C(=O)O. The summed E-state index contributed by atoms with van der Waals surface area (Å²) in [7, 11) is 0. The minimum absolute atomic E-state index is 1.28. The van der Waals surface area contributed by atoms with E-state index < -0.39 is 10.5 Å². The van der Waals surface area contributed by atoms with E-state index in [-0.39, 0.29) is 0 Å².